The molecule has 21 heavy (non-hydrogen) atoms. The lowest BCUT2D eigenvalue weighted by molar-refractivity contribution is 0.402. The van der Waals surface area contributed by atoms with Gasteiger partial charge < -0.3 is 4.74 Å². The van der Waals surface area contributed by atoms with Crippen LogP contribution in [0.3, 0.4) is 0 Å². The second-order valence-corrected chi connectivity index (χ2v) is 7.01. The molecule has 0 spiro atoms. The van der Waals surface area contributed by atoms with Crippen LogP contribution in [0.1, 0.15) is 27.6 Å². The number of fused-ring (bicyclic) bond motifs is 1. The number of methoxy groups -OCH3 is 1. The molecular formula is C18H18BrClO. The summed E-state index contributed by atoms with van der Waals surface area (Å²) in [5, 5.41) is -0.0377. The number of rotatable bonds is 3. The molecule has 1 atom stereocenters. The number of benzene rings is 2. The molecule has 0 aliphatic heterocycles. The highest BCUT2D eigenvalue weighted by atomic mass is 79.9. The van der Waals surface area contributed by atoms with E-state index >= 15 is 0 Å². The van der Waals surface area contributed by atoms with Crippen molar-refractivity contribution >= 4 is 27.5 Å². The molecule has 1 aliphatic rings. The second-order valence-electron chi connectivity index (χ2n) is 5.68. The molecule has 2 aromatic rings. The standard InChI is InChI=1S/C18H18BrClO/c1-11-7-17(21-2)15(10-16(11)19)18(20)14-8-12-5-3-4-6-13(12)9-14/h3-7,10,14,18H,8-9H2,1-2H3. The van der Waals surface area contributed by atoms with Gasteiger partial charge in [-0.1, -0.05) is 40.2 Å². The van der Waals surface area contributed by atoms with E-state index < -0.39 is 0 Å². The van der Waals surface area contributed by atoms with Crippen molar-refractivity contribution in [3.05, 3.63) is 63.1 Å². The van der Waals surface area contributed by atoms with Crippen LogP contribution in [0.25, 0.3) is 0 Å². The third kappa shape index (κ3) is 2.84. The van der Waals surface area contributed by atoms with Crippen LogP contribution in [-0.2, 0) is 12.8 Å². The Labute approximate surface area is 139 Å². The van der Waals surface area contributed by atoms with Crippen LogP contribution >= 0.6 is 27.5 Å². The van der Waals surface area contributed by atoms with E-state index in [1.807, 2.05) is 0 Å². The molecule has 1 aliphatic carbocycles. The van der Waals surface area contributed by atoms with Gasteiger partial charge in [0.1, 0.15) is 5.75 Å². The van der Waals surface area contributed by atoms with Gasteiger partial charge in [-0.05, 0) is 54.5 Å². The summed E-state index contributed by atoms with van der Waals surface area (Å²) in [7, 11) is 1.71. The summed E-state index contributed by atoms with van der Waals surface area (Å²) in [4.78, 5) is 0. The molecule has 0 heterocycles. The van der Waals surface area contributed by atoms with Crippen molar-refractivity contribution in [3.63, 3.8) is 0 Å². The summed E-state index contributed by atoms with van der Waals surface area (Å²) in [6, 6.07) is 12.8. The monoisotopic (exact) mass is 364 g/mol. The Kier molecular flexibility index (Phi) is 4.28. The zero-order chi connectivity index (χ0) is 15.0. The molecule has 1 nitrogen and oxygen atoms in total. The number of hydrogen-bond donors (Lipinski definition) is 0. The van der Waals surface area contributed by atoms with Gasteiger partial charge in [-0.2, -0.15) is 0 Å². The van der Waals surface area contributed by atoms with E-state index in [0.29, 0.717) is 5.92 Å². The zero-order valence-electron chi connectivity index (χ0n) is 12.2. The number of ether oxygens (including phenoxy) is 1. The number of alkyl halides is 1. The van der Waals surface area contributed by atoms with Crippen LogP contribution < -0.4 is 4.74 Å². The van der Waals surface area contributed by atoms with E-state index in [1.54, 1.807) is 7.11 Å². The highest BCUT2D eigenvalue weighted by molar-refractivity contribution is 9.10. The fourth-order valence-electron chi connectivity index (χ4n) is 3.12. The highest BCUT2D eigenvalue weighted by Crippen LogP contribution is 2.43. The minimum Gasteiger partial charge on any atom is -0.496 e. The number of halogens is 2. The Morgan fingerprint density at radius 1 is 1.19 bits per heavy atom. The summed E-state index contributed by atoms with van der Waals surface area (Å²) < 4.78 is 6.62. The predicted octanol–water partition coefficient (Wildman–Crippen LogP) is 5.46. The van der Waals surface area contributed by atoms with Crippen molar-refractivity contribution in [1.82, 2.24) is 0 Å². The maximum absolute atomic E-state index is 6.81. The van der Waals surface area contributed by atoms with Crippen LogP contribution in [0.15, 0.2) is 40.9 Å². The lowest BCUT2D eigenvalue weighted by Gasteiger charge is -2.20. The Morgan fingerprint density at radius 2 is 1.81 bits per heavy atom. The number of aryl methyl sites for hydroxylation is 1. The lowest BCUT2D eigenvalue weighted by atomic mass is 9.94. The van der Waals surface area contributed by atoms with Crippen LogP contribution in [0.2, 0.25) is 0 Å². The van der Waals surface area contributed by atoms with E-state index in [1.165, 1.54) is 11.1 Å². The van der Waals surface area contributed by atoms with Crippen LogP contribution in [0, 0.1) is 12.8 Å². The molecule has 3 heteroatoms. The molecule has 3 rings (SSSR count). The molecule has 0 fully saturated rings. The van der Waals surface area contributed by atoms with Crippen molar-refractivity contribution < 1.29 is 4.74 Å². The molecule has 0 bridgehead atoms. The van der Waals surface area contributed by atoms with Crippen molar-refractivity contribution in [3.8, 4) is 5.75 Å². The first-order chi connectivity index (χ1) is 10.1. The Hall–Kier alpha value is -0.990. The zero-order valence-corrected chi connectivity index (χ0v) is 14.5. The first-order valence-electron chi connectivity index (χ1n) is 7.15. The van der Waals surface area contributed by atoms with Crippen molar-refractivity contribution in [1.29, 1.82) is 0 Å². The van der Waals surface area contributed by atoms with Gasteiger partial charge in [-0.15, -0.1) is 11.6 Å². The molecular weight excluding hydrogens is 348 g/mol. The lowest BCUT2D eigenvalue weighted by Crippen LogP contribution is -2.09. The predicted molar refractivity (Wildman–Crippen MR) is 91.4 cm³/mol. The second kappa shape index (κ2) is 6.02. The molecule has 2 aromatic carbocycles. The van der Waals surface area contributed by atoms with Gasteiger partial charge in [-0.3, -0.25) is 0 Å². The van der Waals surface area contributed by atoms with Gasteiger partial charge in [0.25, 0.3) is 0 Å². The first kappa shape index (κ1) is 14.9. The average Bonchev–Trinajstić information content (AvgIpc) is 2.92. The van der Waals surface area contributed by atoms with Gasteiger partial charge in [0, 0.05) is 10.0 Å². The molecule has 0 aromatic heterocycles. The minimum atomic E-state index is -0.0377. The largest absolute Gasteiger partial charge is 0.496 e. The quantitative estimate of drug-likeness (QED) is 0.656. The van der Waals surface area contributed by atoms with E-state index in [-0.39, 0.29) is 5.38 Å². The maximum atomic E-state index is 6.81. The third-order valence-corrected chi connectivity index (χ3v) is 5.75. The van der Waals surface area contributed by atoms with Gasteiger partial charge >= 0.3 is 0 Å². The topological polar surface area (TPSA) is 9.23 Å². The summed E-state index contributed by atoms with van der Waals surface area (Å²) in [5.41, 5.74) is 5.10. The first-order valence-corrected chi connectivity index (χ1v) is 8.38. The van der Waals surface area contributed by atoms with E-state index in [0.717, 1.165) is 34.2 Å². The SMILES string of the molecule is COc1cc(C)c(Br)cc1C(Cl)C1Cc2ccccc2C1. The van der Waals surface area contributed by atoms with Crippen LogP contribution in [-0.4, -0.2) is 7.11 Å². The summed E-state index contributed by atoms with van der Waals surface area (Å²) in [5.74, 6) is 1.30. The summed E-state index contributed by atoms with van der Waals surface area (Å²) >= 11 is 10.4. The van der Waals surface area contributed by atoms with Crippen LogP contribution in [0.5, 0.6) is 5.75 Å². The van der Waals surface area contributed by atoms with E-state index in [9.17, 15) is 0 Å². The molecule has 0 N–H and O–H groups in total. The molecule has 0 amide bonds. The molecule has 0 radical (unpaired) electrons. The normalized spacial score (nSPS) is 15.8. The highest BCUT2D eigenvalue weighted by Gasteiger charge is 2.30. The van der Waals surface area contributed by atoms with Crippen molar-refractivity contribution in [2.75, 3.05) is 7.11 Å². The van der Waals surface area contributed by atoms with Gasteiger partial charge in [0.2, 0.25) is 0 Å². The Balaban J connectivity index is 1.90. The Bertz CT molecular complexity index is 643. The van der Waals surface area contributed by atoms with Crippen molar-refractivity contribution in [2.45, 2.75) is 25.1 Å². The fourth-order valence-corrected chi connectivity index (χ4v) is 3.83. The third-order valence-electron chi connectivity index (χ3n) is 4.30. The van der Waals surface area contributed by atoms with E-state index in [2.05, 4.69) is 59.3 Å². The van der Waals surface area contributed by atoms with Gasteiger partial charge in [0.05, 0.1) is 12.5 Å². The minimum absolute atomic E-state index is 0.0377. The smallest absolute Gasteiger partial charge is 0.123 e. The number of hydrogen-bond acceptors (Lipinski definition) is 1. The molecule has 110 valence electrons. The van der Waals surface area contributed by atoms with Crippen LogP contribution in [0.4, 0.5) is 0 Å². The van der Waals surface area contributed by atoms with Gasteiger partial charge in [-0.25, -0.2) is 0 Å². The molecule has 1 unspecified atom stereocenters. The summed E-state index contributed by atoms with van der Waals surface area (Å²) in [6.45, 7) is 2.06. The fraction of sp³-hybridized carbons (Fsp3) is 0.333. The maximum Gasteiger partial charge on any atom is 0.123 e. The van der Waals surface area contributed by atoms with Gasteiger partial charge in [0.15, 0.2) is 0 Å². The van der Waals surface area contributed by atoms with E-state index in [4.69, 9.17) is 16.3 Å². The Morgan fingerprint density at radius 3 is 2.38 bits per heavy atom. The van der Waals surface area contributed by atoms with Crippen molar-refractivity contribution in [2.24, 2.45) is 5.92 Å². The molecule has 0 saturated heterocycles. The summed E-state index contributed by atoms with van der Waals surface area (Å²) in [6.07, 6.45) is 2.08. The molecule has 0 saturated carbocycles. The average molecular weight is 366 g/mol.